The van der Waals surface area contributed by atoms with Gasteiger partial charge in [-0.2, -0.15) is 0 Å². The number of anilines is 1. The molecule has 1 unspecified atom stereocenters. The smallest absolute Gasteiger partial charge is 0.336 e. The van der Waals surface area contributed by atoms with Crippen LogP contribution in [0, 0.1) is 10.8 Å². The van der Waals surface area contributed by atoms with E-state index < -0.39 is 35.2 Å². The number of thiophene rings is 1. The lowest BCUT2D eigenvalue weighted by Crippen LogP contribution is -2.47. The third-order valence-electron chi connectivity index (χ3n) is 5.93. The molecule has 3 rings (SSSR count). The van der Waals surface area contributed by atoms with Gasteiger partial charge in [-0.25, -0.2) is 4.79 Å². The fourth-order valence-corrected chi connectivity index (χ4v) is 4.47. The molecule has 2 amide bonds. The minimum atomic E-state index is -1.26. The van der Waals surface area contributed by atoms with Crippen molar-refractivity contribution >= 4 is 46.6 Å². The van der Waals surface area contributed by atoms with Gasteiger partial charge in [0.25, 0.3) is 11.8 Å². The first-order chi connectivity index (χ1) is 18.3. The van der Waals surface area contributed by atoms with Crippen LogP contribution in [0.25, 0.3) is 11.1 Å². The molecule has 204 valence electrons. The number of amidine groups is 1. The highest BCUT2D eigenvalue weighted by Gasteiger charge is 2.28. The fraction of sp³-hybridized carbons (Fsp3) is 0.250. The second-order valence-corrected chi connectivity index (χ2v) is 10.8. The highest BCUT2D eigenvalue weighted by atomic mass is 32.1. The van der Waals surface area contributed by atoms with Crippen LogP contribution in [0.15, 0.2) is 53.9 Å². The SMILES string of the molecule is CC(=O)OCC(NC(=O)c1ccc(-c2ccsc2C(=O)Nc2ccc(C(=N)N)cc2)c(C(=O)O)c1)C(C)(C)C. The van der Waals surface area contributed by atoms with Crippen molar-refractivity contribution in [3.8, 4) is 11.1 Å². The van der Waals surface area contributed by atoms with Crippen molar-refractivity contribution in [2.24, 2.45) is 11.1 Å². The van der Waals surface area contributed by atoms with Crippen LogP contribution in [0.5, 0.6) is 0 Å². The molecule has 0 aliphatic heterocycles. The van der Waals surface area contributed by atoms with E-state index in [-0.39, 0.29) is 29.1 Å². The van der Waals surface area contributed by atoms with Gasteiger partial charge < -0.3 is 26.2 Å². The zero-order chi connectivity index (χ0) is 28.9. The minimum absolute atomic E-state index is 0.0285. The topological polar surface area (TPSA) is 172 Å². The van der Waals surface area contributed by atoms with Crippen LogP contribution in [0.1, 0.15) is 63.6 Å². The summed E-state index contributed by atoms with van der Waals surface area (Å²) < 4.78 is 5.09. The molecule has 3 aromatic rings. The summed E-state index contributed by atoms with van der Waals surface area (Å²) in [6.45, 7) is 6.90. The van der Waals surface area contributed by atoms with Crippen LogP contribution in [0.4, 0.5) is 5.69 Å². The number of nitrogens with two attached hydrogens (primary N) is 1. The van der Waals surface area contributed by atoms with E-state index >= 15 is 0 Å². The molecule has 2 aromatic carbocycles. The maximum absolute atomic E-state index is 13.1. The number of aromatic carboxylic acids is 1. The molecule has 0 saturated heterocycles. The number of carbonyl (C=O) groups excluding carboxylic acids is 3. The van der Waals surface area contributed by atoms with Crippen LogP contribution < -0.4 is 16.4 Å². The van der Waals surface area contributed by atoms with Crippen molar-refractivity contribution in [3.05, 3.63) is 75.5 Å². The number of nitrogens with one attached hydrogen (secondary N) is 3. The van der Waals surface area contributed by atoms with Gasteiger partial charge in [0.2, 0.25) is 0 Å². The first-order valence-electron chi connectivity index (χ1n) is 11.9. The van der Waals surface area contributed by atoms with Gasteiger partial charge >= 0.3 is 11.9 Å². The number of hydrogen-bond donors (Lipinski definition) is 5. The predicted molar refractivity (Wildman–Crippen MR) is 149 cm³/mol. The van der Waals surface area contributed by atoms with Crippen LogP contribution in [0.3, 0.4) is 0 Å². The van der Waals surface area contributed by atoms with E-state index in [0.717, 1.165) is 11.3 Å². The maximum atomic E-state index is 13.1. The number of nitrogen functional groups attached to an aromatic ring is 1. The maximum Gasteiger partial charge on any atom is 0.336 e. The third kappa shape index (κ3) is 7.29. The normalized spacial score (nSPS) is 11.8. The Kier molecular flexibility index (Phi) is 8.87. The fourth-order valence-electron chi connectivity index (χ4n) is 3.67. The minimum Gasteiger partial charge on any atom is -0.478 e. The Labute approximate surface area is 229 Å². The summed E-state index contributed by atoms with van der Waals surface area (Å²) in [6.07, 6.45) is 0. The number of amides is 2. The quantitative estimate of drug-likeness (QED) is 0.150. The molecule has 0 bridgehead atoms. The third-order valence-corrected chi connectivity index (χ3v) is 6.84. The van der Waals surface area contributed by atoms with Crippen LogP contribution in [-0.2, 0) is 9.53 Å². The molecule has 6 N–H and O–H groups in total. The Hall–Kier alpha value is -4.51. The summed E-state index contributed by atoms with van der Waals surface area (Å²) in [5, 5.41) is 24.7. The molecular formula is C28H30N4O6S. The number of rotatable bonds is 9. The number of ether oxygens (including phenoxy) is 1. The average molecular weight is 551 g/mol. The number of benzene rings is 2. The molecule has 0 saturated carbocycles. The Morgan fingerprint density at radius 2 is 1.64 bits per heavy atom. The van der Waals surface area contributed by atoms with Crippen molar-refractivity contribution in [3.63, 3.8) is 0 Å². The van der Waals surface area contributed by atoms with Crippen LogP contribution >= 0.6 is 11.3 Å². The molecule has 1 aromatic heterocycles. The van der Waals surface area contributed by atoms with E-state index in [1.807, 2.05) is 20.8 Å². The Morgan fingerprint density at radius 3 is 2.21 bits per heavy atom. The van der Waals surface area contributed by atoms with Gasteiger partial charge in [0, 0.05) is 29.3 Å². The molecule has 0 spiro atoms. The second-order valence-electron chi connectivity index (χ2n) is 9.87. The van der Waals surface area contributed by atoms with E-state index in [4.69, 9.17) is 15.9 Å². The number of hydrogen-bond acceptors (Lipinski definition) is 7. The molecule has 0 radical (unpaired) electrons. The first-order valence-corrected chi connectivity index (χ1v) is 12.8. The molecule has 1 heterocycles. The van der Waals surface area contributed by atoms with E-state index in [9.17, 15) is 24.3 Å². The summed E-state index contributed by atoms with van der Waals surface area (Å²) in [4.78, 5) is 49.9. The lowest BCUT2D eigenvalue weighted by molar-refractivity contribution is -0.142. The summed E-state index contributed by atoms with van der Waals surface area (Å²) in [6, 6.07) is 11.8. The predicted octanol–water partition coefficient (Wildman–Crippen LogP) is 4.36. The summed E-state index contributed by atoms with van der Waals surface area (Å²) in [7, 11) is 0. The van der Waals surface area contributed by atoms with Crippen molar-refractivity contribution in [1.29, 1.82) is 5.41 Å². The second kappa shape index (κ2) is 11.9. The molecule has 0 aliphatic rings. The molecule has 11 heteroatoms. The van der Waals surface area contributed by atoms with Crippen LogP contribution in [0.2, 0.25) is 0 Å². The summed E-state index contributed by atoms with van der Waals surface area (Å²) in [5.41, 5.74) is 6.68. The largest absolute Gasteiger partial charge is 0.478 e. The van der Waals surface area contributed by atoms with E-state index in [0.29, 0.717) is 21.7 Å². The molecule has 0 fully saturated rings. The van der Waals surface area contributed by atoms with Gasteiger partial charge in [-0.3, -0.25) is 19.8 Å². The van der Waals surface area contributed by atoms with Crippen molar-refractivity contribution in [2.75, 3.05) is 11.9 Å². The zero-order valence-electron chi connectivity index (χ0n) is 22.0. The first kappa shape index (κ1) is 29.1. The highest BCUT2D eigenvalue weighted by Crippen LogP contribution is 2.32. The average Bonchev–Trinajstić information content (AvgIpc) is 3.35. The van der Waals surface area contributed by atoms with Gasteiger partial charge in [0.15, 0.2) is 0 Å². The van der Waals surface area contributed by atoms with Gasteiger partial charge in [0.05, 0.1) is 11.6 Å². The van der Waals surface area contributed by atoms with Gasteiger partial charge in [-0.1, -0.05) is 26.8 Å². The highest BCUT2D eigenvalue weighted by molar-refractivity contribution is 7.12. The standard InChI is InChI=1S/C28H30N4O6S/c1-15(33)38-14-22(28(2,3)4)32-25(34)17-7-10-19(21(13-17)27(36)37)20-11-12-39-23(20)26(35)31-18-8-5-16(6-9-18)24(29)30/h5-13,22H,14H2,1-4H3,(H3,29,30)(H,31,35)(H,32,34)(H,36,37). The van der Waals surface area contributed by atoms with Crippen molar-refractivity contribution in [2.45, 2.75) is 33.7 Å². The van der Waals surface area contributed by atoms with Crippen molar-refractivity contribution < 1.29 is 29.0 Å². The van der Waals surface area contributed by atoms with E-state index in [1.54, 1.807) is 35.7 Å². The molecule has 1 atom stereocenters. The lowest BCUT2D eigenvalue weighted by atomic mass is 9.87. The lowest BCUT2D eigenvalue weighted by Gasteiger charge is -2.31. The molecule has 0 aliphatic carbocycles. The number of esters is 1. The number of carboxylic acid groups (broad SMARTS) is 1. The zero-order valence-corrected chi connectivity index (χ0v) is 22.8. The Balaban J connectivity index is 1.88. The number of carbonyl (C=O) groups is 4. The Morgan fingerprint density at radius 1 is 1.00 bits per heavy atom. The summed E-state index contributed by atoms with van der Waals surface area (Å²) in [5.74, 6) is -2.78. The molecular weight excluding hydrogens is 520 g/mol. The summed E-state index contributed by atoms with van der Waals surface area (Å²) >= 11 is 1.15. The van der Waals surface area contributed by atoms with Gasteiger partial charge in [-0.15, -0.1) is 11.3 Å². The van der Waals surface area contributed by atoms with Crippen molar-refractivity contribution in [1.82, 2.24) is 5.32 Å². The number of carboxylic acids is 1. The Bertz CT molecular complexity index is 1420. The monoisotopic (exact) mass is 550 g/mol. The van der Waals surface area contributed by atoms with Gasteiger partial charge in [0.1, 0.15) is 17.3 Å². The van der Waals surface area contributed by atoms with Gasteiger partial charge in [-0.05, 0) is 58.8 Å². The van der Waals surface area contributed by atoms with E-state index in [2.05, 4.69) is 10.6 Å². The van der Waals surface area contributed by atoms with E-state index in [1.165, 1.54) is 25.1 Å². The van der Waals surface area contributed by atoms with Crippen LogP contribution in [-0.4, -0.2) is 47.3 Å². The molecule has 39 heavy (non-hydrogen) atoms. The molecule has 10 nitrogen and oxygen atoms in total.